The van der Waals surface area contributed by atoms with Crippen LogP contribution >= 0.6 is 0 Å². The van der Waals surface area contributed by atoms with Crippen LogP contribution < -0.4 is 0 Å². The van der Waals surface area contributed by atoms with Gasteiger partial charge in [-0.1, -0.05) is 13.2 Å². The third kappa shape index (κ3) is 8.52. The van der Waals surface area contributed by atoms with Gasteiger partial charge in [-0.15, -0.1) is 0 Å². The lowest BCUT2D eigenvalue weighted by Crippen LogP contribution is -2.25. The summed E-state index contributed by atoms with van der Waals surface area (Å²) in [6, 6.07) is 0. The Bertz CT molecular complexity index is 405. The smallest absolute Gasteiger partial charge is 0.335 e. The molecule has 2 fully saturated rings. The summed E-state index contributed by atoms with van der Waals surface area (Å²) in [6.45, 7) is 9.79. The van der Waals surface area contributed by atoms with Crippen molar-refractivity contribution in [2.24, 2.45) is 0 Å². The molecular weight excluding hydrogens is 300 g/mol. The van der Waals surface area contributed by atoms with E-state index in [9.17, 15) is 9.59 Å². The van der Waals surface area contributed by atoms with Gasteiger partial charge in [0.2, 0.25) is 12.6 Å². The summed E-state index contributed by atoms with van der Waals surface area (Å²) in [6.07, 6.45) is 6.32. The highest BCUT2D eigenvalue weighted by molar-refractivity contribution is 5.87. The van der Waals surface area contributed by atoms with Crippen molar-refractivity contribution in [3.8, 4) is 0 Å². The molecule has 0 bridgehead atoms. The van der Waals surface area contributed by atoms with Gasteiger partial charge in [0, 0.05) is 24.5 Å². The molecule has 0 aromatic heterocycles. The number of ether oxygens (including phenoxy) is 4. The number of carbonyl (C=O) groups is 2. The Kier molecular flexibility index (Phi) is 9.24. The molecule has 2 saturated heterocycles. The number of hydrogen-bond donors (Lipinski definition) is 0. The lowest BCUT2D eigenvalue weighted by atomic mass is 10.2. The van der Waals surface area contributed by atoms with Crippen molar-refractivity contribution < 1.29 is 28.5 Å². The number of carbonyl (C=O) groups excluding carboxylic acids is 2. The van der Waals surface area contributed by atoms with Crippen LogP contribution in [-0.4, -0.2) is 37.7 Å². The van der Waals surface area contributed by atoms with Gasteiger partial charge in [-0.05, 0) is 32.6 Å². The van der Waals surface area contributed by atoms with Crippen LogP contribution in [0.15, 0.2) is 24.8 Å². The summed E-state index contributed by atoms with van der Waals surface area (Å²) >= 11 is 0. The van der Waals surface area contributed by atoms with Crippen LogP contribution in [0.2, 0.25) is 0 Å². The van der Waals surface area contributed by atoms with Crippen LogP contribution in [0.5, 0.6) is 0 Å². The second kappa shape index (κ2) is 11.0. The molecule has 6 heteroatoms. The molecule has 0 aromatic carbocycles. The molecule has 23 heavy (non-hydrogen) atoms. The van der Waals surface area contributed by atoms with Gasteiger partial charge in [0.15, 0.2) is 0 Å². The zero-order valence-corrected chi connectivity index (χ0v) is 13.8. The van der Waals surface area contributed by atoms with Gasteiger partial charge in [-0.3, -0.25) is 0 Å². The molecule has 2 aliphatic heterocycles. The predicted molar refractivity (Wildman–Crippen MR) is 84.4 cm³/mol. The fourth-order valence-corrected chi connectivity index (χ4v) is 2.01. The Balaban J connectivity index is 0.000000231. The summed E-state index contributed by atoms with van der Waals surface area (Å²) in [5.74, 6) is -0.765. The largest absolute Gasteiger partial charge is 0.433 e. The number of esters is 2. The van der Waals surface area contributed by atoms with Crippen LogP contribution in [0.1, 0.15) is 45.4 Å². The van der Waals surface area contributed by atoms with Crippen molar-refractivity contribution in [1.82, 2.24) is 0 Å². The molecule has 0 radical (unpaired) electrons. The normalized spacial score (nSPS) is 23.7. The standard InChI is InChI=1S/C9H14O3.C8H12O3/c1-7(2)9(10)12-8-5-3-4-6-11-8;1-2-7(9)11-8-5-3-4-6-10-8/h8H,1,3-6H2,2H3;2,8H,1,3-6H2. The van der Waals surface area contributed by atoms with E-state index in [2.05, 4.69) is 13.2 Å². The zero-order chi connectivity index (χ0) is 17.1. The lowest BCUT2D eigenvalue weighted by Gasteiger charge is -2.22. The molecule has 0 amide bonds. The van der Waals surface area contributed by atoms with Gasteiger partial charge in [-0.2, -0.15) is 0 Å². The fraction of sp³-hybridized carbons (Fsp3) is 0.647. The van der Waals surface area contributed by atoms with Gasteiger partial charge >= 0.3 is 11.9 Å². The summed E-state index contributed by atoms with van der Waals surface area (Å²) in [5, 5.41) is 0. The van der Waals surface area contributed by atoms with Gasteiger partial charge in [0.25, 0.3) is 0 Å². The minimum Gasteiger partial charge on any atom is -0.433 e. The monoisotopic (exact) mass is 326 g/mol. The topological polar surface area (TPSA) is 71.1 Å². The molecular formula is C17H26O6. The van der Waals surface area contributed by atoms with Gasteiger partial charge in [0.1, 0.15) is 0 Å². The van der Waals surface area contributed by atoms with Crippen molar-refractivity contribution >= 4 is 11.9 Å². The third-order valence-corrected chi connectivity index (χ3v) is 3.28. The molecule has 0 aliphatic carbocycles. The molecule has 2 rings (SSSR count). The SMILES string of the molecule is C=C(C)C(=O)OC1CCCCO1.C=CC(=O)OC1CCCCO1. The van der Waals surface area contributed by atoms with E-state index in [0.717, 1.165) is 44.6 Å². The zero-order valence-electron chi connectivity index (χ0n) is 13.8. The maximum atomic E-state index is 11.0. The minimum absolute atomic E-state index is 0.339. The van der Waals surface area contributed by atoms with Crippen LogP contribution in [0.25, 0.3) is 0 Å². The van der Waals surface area contributed by atoms with Crippen molar-refractivity contribution in [3.05, 3.63) is 24.8 Å². The highest BCUT2D eigenvalue weighted by Gasteiger charge is 2.18. The molecule has 0 saturated carbocycles. The second-order valence-corrected chi connectivity index (χ2v) is 5.42. The highest BCUT2D eigenvalue weighted by atomic mass is 16.7. The van der Waals surface area contributed by atoms with Gasteiger partial charge in [0.05, 0.1) is 13.2 Å². The molecule has 2 unspecified atom stereocenters. The molecule has 0 N–H and O–H groups in total. The quantitative estimate of drug-likeness (QED) is 0.584. The average molecular weight is 326 g/mol. The molecule has 130 valence electrons. The van der Waals surface area contributed by atoms with E-state index in [1.165, 1.54) is 0 Å². The van der Waals surface area contributed by atoms with E-state index in [1.54, 1.807) is 6.92 Å². The molecule has 6 nitrogen and oxygen atoms in total. The van der Waals surface area contributed by atoms with Crippen LogP contribution in [0.4, 0.5) is 0 Å². The minimum atomic E-state index is -0.406. The Morgan fingerprint density at radius 2 is 1.52 bits per heavy atom. The Labute approximate surface area is 137 Å². The van der Waals surface area contributed by atoms with Crippen molar-refractivity contribution in [2.45, 2.75) is 58.0 Å². The van der Waals surface area contributed by atoms with E-state index < -0.39 is 5.97 Å². The van der Waals surface area contributed by atoms with Gasteiger partial charge in [-0.25, -0.2) is 9.59 Å². The van der Waals surface area contributed by atoms with E-state index >= 15 is 0 Å². The first-order valence-corrected chi connectivity index (χ1v) is 7.95. The van der Waals surface area contributed by atoms with Crippen molar-refractivity contribution in [1.29, 1.82) is 0 Å². The second-order valence-electron chi connectivity index (χ2n) is 5.42. The molecule has 2 aliphatic rings. The summed E-state index contributed by atoms with van der Waals surface area (Å²) in [7, 11) is 0. The first-order chi connectivity index (χ1) is 11.0. The number of hydrogen-bond acceptors (Lipinski definition) is 6. The maximum absolute atomic E-state index is 11.0. The Morgan fingerprint density at radius 3 is 1.91 bits per heavy atom. The number of rotatable bonds is 4. The van der Waals surface area contributed by atoms with Crippen LogP contribution in [0, 0.1) is 0 Å². The first-order valence-electron chi connectivity index (χ1n) is 7.95. The van der Waals surface area contributed by atoms with Crippen molar-refractivity contribution in [3.63, 3.8) is 0 Å². The lowest BCUT2D eigenvalue weighted by molar-refractivity contribution is -0.182. The summed E-state index contributed by atoms with van der Waals surface area (Å²) in [5.41, 5.74) is 0.421. The Morgan fingerprint density at radius 1 is 1.00 bits per heavy atom. The van der Waals surface area contributed by atoms with Crippen molar-refractivity contribution in [2.75, 3.05) is 13.2 Å². The van der Waals surface area contributed by atoms with E-state index in [-0.39, 0.29) is 18.5 Å². The van der Waals surface area contributed by atoms with Crippen LogP contribution in [0.3, 0.4) is 0 Å². The van der Waals surface area contributed by atoms with Gasteiger partial charge < -0.3 is 18.9 Å². The Hall–Kier alpha value is -1.66. The summed E-state index contributed by atoms with van der Waals surface area (Å²) in [4.78, 5) is 21.7. The average Bonchev–Trinajstić information content (AvgIpc) is 2.57. The van der Waals surface area contributed by atoms with E-state index in [1.807, 2.05) is 0 Å². The predicted octanol–water partition coefficient (Wildman–Crippen LogP) is 2.87. The molecule has 2 heterocycles. The van der Waals surface area contributed by atoms with Crippen LogP contribution in [-0.2, 0) is 28.5 Å². The first kappa shape index (κ1) is 19.4. The highest BCUT2D eigenvalue weighted by Crippen LogP contribution is 2.15. The molecule has 0 aromatic rings. The van der Waals surface area contributed by atoms with E-state index in [0.29, 0.717) is 18.8 Å². The summed E-state index contributed by atoms with van der Waals surface area (Å²) < 4.78 is 20.2. The molecule has 0 spiro atoms. The fourth-order valence-electron chi connectivity index (χ4n) is 2.01. The van der Waals surface area contributed by atoms with E-state index in [4.69, 9.17) is 18.9 Å². The molecule has 2 atom stereocenters. The third-order valence-electron chi connectivity index (χ3n) is 3.28. The maximum Gasteiger partial charge on any atom is 0.335 e.